The molecule has 0 radical (unpaired) electrons. The van der Waals surface area contributed by atoms with E-state index < -0.39 is 0 Å². The van der Waals surface area contributed by atoms with Gasteiger partial charge in [0.05, 0.1) is 5.41 Å². The Kier molecular flexibility index (Phi) is 2.71. The van der Waals surface area contributed by atoms with Gasteiger partial charge in [-0.15, -0.1) is 6.58 Å². The maximum atomic E-state index is 12.4. The van der Waals surface area contributed by atoms with Crippen LogP contribution in [0.4, 0.5) is 0 Å². The fourth-order valence-corrected chi connectivity index (χ4v) is 3.60. The van der Waals surface area contributed by atoms with E-state index in [0.29, 0.717) is 5.92 Å². The minimum absolute atomic E-state index is 0.0375. The van der Waals surface area contributed by atoms with Gasteiger partial charge >= 0.3 is 0 Å². The predicted octanol–water partition coefficient (Wildman–Crippen LogP) is 2.17. The van der Waals surface area contributed by atoms with Gasteiger partial charge in [0, 0.05) is 7.11 Å². The highest BCUT2D eigenvalue weighted by atomic mass is 16.7. The van der Waals surface area contributed by atoms with Crippen LogP contribution in [0.1, 0.15) is 26.7 Å². The van der Waals surface area contributed by atoms with E-state index in [-0.39, 0.29) is 29.5 Å². The van der Waals surface area contributed by atoms with Gasteiger partial charge in [0.15, 0.2) is 5.78 Å². The molecule has 0 aliphatic heterocycles. The van der Waals surface area contributed by atoms with Gasteiger partial charge in [0.2, 0.25) is 0 Å². The van der Waals surface area contributed by atoms with Crippen molar-refractivity contribution < 1.29 is 14.3 Å². The Morgan fingerprint density at radius 3 is 2.75 bits per heavy atom. The second-order valence-corrected chi connectivity index (χ2v) is 5.40. The van der Waals surface area contributed by atoms with Gasteiger partial charge in [-0.1, -0.05) is 19.9 Å². The SMILES string of the molecule is C=C[C@@]12CC[C@@H]([C@H](OCOC)C1=O)C2(C)C. The lowest BCUT2D eigenvalue weighted by Crippen LogP contribution is -2.37. The number of Topliss-reactive ketones (excluding diaryl/α,β-unsaturated/α-hetero) is 1. The quantitative estimate of drug-likeness (QED) is 0.542. The molecule has 2 bridgehead atoms. The second-order valence-electron chi connectivity index (χ2n) is 5.40. The molecule has 0 N–H and O–H groups in total. The molecular formula is C13H20O3. The molecule has 90 valence electrons. The zero-order valence-corrected chi connectivity index (χ0v) is 10.3. The highest BCUT2D eigenvalue weighted by molar-refractivity contribution is 5.95. The lowest BCUT2D eigenvalue weighted by molar-refractivity contribution is -0.146. The summed E-state index contributed by atoms with van der Waals surface area (Å²) in [6.07, 6.45) is 3.49. The number of allylic oxidation sites excluding steroid dienone is 1. The predicted molar refractivity (Wildman–Crippen MR) is 60.9 cm³/mol. The van der Waals surface area contributed by atoms with Crippen molar-refractivity contribution in [1.29, 1.82) is 0 Å². The average molecular weight is 224 g/mol. The zero-order valence-electron chi connectivity index (χ0n) is 10.3. The standard InChI is InChI=1S/C13H20O3/c1-5-13-7-6-9(12(13,2)3)10(11(13)14)16-8-15-4/h5,9-10H,1,6-8H2,2-4H3/t9-,10-,13+/m0/s1. The van der Waals surface area contributed by atoms with Gasteiger partial charge in [0.1, 0.15) is 12.9 Å². The van der Waals surface area contributed by atoms with Crippen LogP contribution in [0.25, 0.3) is 0 Å². The van der Waals surface area contributed by atoms with Crippen molar-refractivity contribution in [3.05, 3.63) is 12.7 Å². The highest BCUT2D eigenvalue weighted by Gasteiger charge is 2.67. The molecule has 0 heterocycles. The van der Waals surface area contributed by atoms with Gasteiger partial charge in [-0.05, 0) is 24.2 Å². The molecule has 0 aromatic rings. The first-order valence-electron chi connectivity index (χ1n) is 5.79. The fraction of sp³-hybridized carbons (Fsp3) is 0.769. The van der Waals surface area contributed by atoms with Gasteiger partial charge in [-0.2, -0.15) is 0 Å². The van der Waals surface area contributed by atoms with Crippen LogP contribution in [0.5, 0.6) is 0 Å². The lowest BCUT2D eigenvalue weighted by Gasteiger charge is -2.32. The molecule has 16 heavy (non-hydrogen) atoms. The Balaban J connectivity index is 2.30. The monoisotopic (exact) mass is 224 g/mol. The van der Waals surface area contributed by atoms with Crippen molar-refractivity contribution in [2.75, 3.05) is 13.9 Å². The van der Waals surface area contributed by atoms with Crippen LogP contribution in [0.2, 0.25) is 0 Å². The molecule has 2 rings (SSSR count). The lowest BCUT2D eigenvalue weighted by atomic mass is 9.69. The topological polar surface area (TPSA) is 35.5 Å². The summed E-state index contributed by atoms with van der Waals surface area (Å²) in [5.74, 6) is 0.494. The van der Waals surface area contributed by atoms with Gasteiger partial charge in [0.25, 0.3) is 0 Å². The van der Waals surface area contributed by atoms with E-state index >= 15 is 0 Å². The highest BCUT2D eigenvalue weighted by Crippen LogP contribution is 2.64. The van der Waals surface area contributed by atoms with Crippen LogP contribution < -0.4 is 0 Å². The van der Waals surface area contributed by atoms with E-state index in [1.807, 2.05) is 6.08 Å². The third-order valence-electron chi connectivity index (χ3n) is 4.70. The molecule has 2 saturated carbocycles. The number of rotatable bonds is 4. The number of methoxy groups -OCH3 is 1. The first-order chi connectivity index (χ1) is 7.51. The summed E-state index contributed by atoms with van der Waals surface area (Å²) >= 11 is 0. The molecule has 2 fully saturated rings. The molecular weight excluding hydrogens is 204 g/mol. The summed E-state index contributed by atoms with van der Waals surface area (Å²) in [4.78, 5) is 12.4. The van der Waals surface area contributed by atoms with Crippen LogP contribution in [0.3, 0.4) is 0 Å². The molecule has 2 aliphatic carbocycles. The minimum atomic E-state index is -0.379. The Hall–Kier alpha value is -0.670. The van der Waals surface area contributed by atoms with Gasteiger partial charge < -0.3 is 9.47 Å². The van der Waals surface area contributed by atoms with Gasteiger partial charge in [-0.3, -0.25) is 4.79 Å². The number of carbonyl (C=O) groups is 1. The summed E-state index contributed by atoms with van der Waals surface area (Å²) in [7, 11) is 1.58. The molecule has 0 spiro atoms. The Bertz CT molecular complexity index is 321. The van der Waals surface area contributed by atoms with E-state index in [2.05, 4.69) is 20.4 Å². The summed E-state index contributed by atoms with van der Waals surface area (Å²) in [5.41, 5.74) is -0.416. The van der Waals surface area contributed by atoms with E-state index in [4.69, 9.17) is 9.47 Å². The summed E-state index contributed by atoms with van der Waals surface area (Å²) in [6, 6.07) is 0. The van der Waals surface area contributed by atoms with E-state index in [1.54, 1.807) is 7.11 Å². The molecule has 0 saturated heterocycles. The minimum Gasteiger partial charge on any atom is -0.359 e. The summed E-state index contributed by atoms with van der Waals surface area (Å²) in [6.45, 7) is 8.36. The molecule has 0 aromatic carbocycles. The number of hydrogen-bond donors (Lipinski definition) is 0. The second kappa shape index (κ2) is 3.67. The third kappa shape index (κ3) is 1.19. The Morgan fingerprint density at radius 1 is 1.56 bits per heavy atom. The molecule has 0 aromatic heterocycles. The molecule has 2 aliphatic rings. The van der Waals surface area contributed by atoms with Crippen LogP contribution in [-0.2, 0) is 14.3 Å². The van der Waals surface area contributed by atoms with Crippen LogP contribution in [0, 0.1) is 16.7 Å². The zero-order chi connectivity index (χ0) is 12.0. The number of fused-ring (bicyclic) bond motifs is 2. The molecule has 3 heteroatoms. The summed E-state index contributed by atoms with van der Waals surface area (Å²) in [5, 5.41) is 0. The number of carbonyl (C=O) groups excluding carboxylic acids is 1. The molecule has 0 unspecified atom stereocenters. The molecule has 0 amide bonds. The fourth-order valence-electron chi connectivity index (χ4n) is 3.60. The Labute approximate surface area is 96.8 Å². The van der Waals surface area contributed by atoms with Crippen LogP contribution in [-0.4, -0.2) is 25.8 Å². The maximum Gasteiger partial charge on any atom is 0.172 e. The third-order valence-corrected chi connectivity index (χ3v) is 4.70. The van der Waals surface area contributed by atoms with Crippen molar-refractivity contribution in [3.8, 4) is 0 Å². The first kappa shape index (κ1) is 11.8. The smallest absolute Gasteiger partial charge is 0.172 e. The normalized spacial score (nSPS) is 40.3. The van der Waals surface area contributed by atoms with E-state index in [0.717, 1.165) is 12.8 Å². The number of ether oxygens (including phenoxy) is 2. The van der Waals surface area contributed by atoms with Crippen LogP contribution in [0.15, 0.2) is 12.7 Å². The number of ketones is 1. The molecule has 3 atom stereocenters. The Morgan fingerprint density at radius 2 is 2.25 bits per heavy atom. The van der Waals surface area contributed by atoms with Crippen molar-refractivity contribution in [2.24, 2.45) is 16.7 Å². The average Bonchev–Trinajstić information content (AvgIpc) is 2.59. The van der Waals surface area contributed by atoms with Crippen molar-refractivity contribution in [2.45, 2.75) is 32.8 Å². The first-order valence-corrected chi connectivity index (χ1v) is 5.79. The largest absolute Gasteiger partial charge is 0.359 e. The molecule has 3 nitrogen and oxygen atoms in total. The van der Waals surface area contributed by atoms with Crippen LogP contribution >= 0.6 is 0 Å². The van der Waals surface area contributed by atoms with E-state index in [1.165, 1.54) is 0 Å². The van der Waals surface area contributed by atoms with Crippen molar-refractivity contribution in [3.63, 3.8) is 0 Å². The maximum absolute atomic E-state index is 12.4. The van der Waals surface area contributed by atoms with Crippen molar-refractivity contribution in [1.82, 2.24) is 0 Å². The van der Waals surface area contributed by atoms with E-state index in [9.17, 15) is 4.79 Å². The van der Waals surface area contributed by atoms with Gasteiger partial charge in [-0.25, -0.2) is 0 Å². The van der Waals surface area contributed by atoms with Crippen molar-refractivity contribution >= 4 is 5.78 Å². The summed E-state index contributed by atoms with van der Waals surface area (Å²) < 4.78 is 10.4. The number of hydrogen-bond acceptors (Lipinski definition) is 3.